The van der Waals surface area contributed by atoms with Gasteiger partial charge >= 0.3 is 6.18 Å². The Morgan fingerprint density at radius 1 is 1.28 bits per heavy atom. The first kappa shape index (κ1) is 15.1. The molecular weight excluding hydrogens is 267 g/mol. The van der Waals surface area contributed by atoms with E-state index in [1.165, 1.54) is 6.07 Å². The summed E-state index contributed by atoms with van der Waals surface area (Å²) in [6, 6.07) is 3.14. The first-order valence-corrected chi connectivity index (χ1v) is 5.80. The third kappa shape index (κ3) is 4.74. The van der Waals surface area contributed by atoms with Crippen molar-refractivity contribution in [3.05, 3.63) is 28.8 Å². The summed E-state index contributed by atoms with van der Waals surface area (Å²) in [5, 5.41) is 12.4. The van der Waals surface area contributed by atoms with Crippen molar-refractivity contribution in [2.75, 3.05) is 11.9 Å². The molecule has 0 atom stereocenters. The van der Waals surface area contributed by atoms with Crippen molar-refractivity contribution in [1.82, 2.24) is 0 Å². The van der Waals surface area contributed by atoms with Crippen LogP contribution in [0.2, 0.25) is 5.02 Å². The van der Waals surface area contributed by atoms with E-state index in [1.807, 2.05) is 0 Å². The maximum Gasteiger partial charge on any atom is 0.416 e. The lowest BCUT2D eigenvalue weighted by molar-refractivity contribution is -0.137. The van der Waals surface area contributed by atoms with Crippen molar-refractivity contribution in [2.45, 2.75) is 32.0 Å². The second kappa shape index (κ2) is 5.36. The Morgan fingerprint density at radius 3 is 2.33 bits per heavy atom. The van der Waals surface area contributed by atoms with Gasteiger partial charge in [0.2, 0.25) is 0 Å². The van der Waals surface area contributed by atoms with Crippen molar-refractivity contribution in [2.24, 2.45) is 0 Å². The van der Waals surface area contributed by atoms with Crippen LogP contribution in [0.15, 0.2) is 18.2 Å². The van der Waals surface area contributed by atoms with Crippen LogP contribution in [0.3, 0.4) is 0 Å². The maximum absolute atomic E-state index is 12.4. The number of aliphatic hydroxyl groups is 1. The van der Waals surface area contributed by atoms with Gasteiger partial charge in [-0.1, -0.05) is 11.6 Å². The van der Waals surface area contributed by atoms with E-state index in [2.05, 4.69) is 5.32 Å². The van der Waals surface area contributed by atoms with Gasteiger partial charge < -0.3 is 10.4 Å². The lowest BCUT2D eigenvalue weighted by Crippen LogP contribution is -2.22. The highest BCUT2D eigenvalue weighted by molar-refractivity contribution is 6.33. The normalized spacial score (nSPS) is 12.6. The summed E-state index contributed by atoms with van der Waals surface area (Å²) in [5.74, 6) is 0. The van der Waals surface area contributed by atoms with Gasteiger partial charge in [0.15, 0.2) is 0 Å². The molecule has 2 nitrogen and oxygen atoms in total. The van der Waals surface area contributed by atoms with Crippen molar-refractivity contribution < 1.29 is 18.3 Å². The van der Waals surface area contributed by atoms with E-state index in [0.29, 0.717) is 18.7 Å². The van der Waals surface area contributed by atoms with E-state index in [0.717, 1.165) is 12.1 Å². The standard InChI is InChI=1S/C12H15ClF3NO/c1-11(2,18)5-6-17-10-4-3-8(7-9(10)13)12(14,15)16/h3-4,7,17-18H,5-6H2,1-2H3. The van der Waals surface area contributed by atoms with Crippen LogP contribution in [0, 0.1) is 0 Å². The zero-order chi connectivity index (χ0) is 14.0. The van der Waals surface area contributed by atoms with Crippen molar-refractivity contribution in [1.29, 1.82) is 0 Å². The molecule has 1 rings (SSSR count). The summed E-state index contributed by atoms with van der Waals surface area (Å²) in [6.45, 7) is 3.74. The second-order valence-corrected chi connectivity index (χ2v) is 5.09. The lowest BCUT2D eigenvalue weighted by atomic mass is 10.1. The van der Waals surface area contributed by atoms with Crippen LogP contribution < -0.4 is 5.32 Å². The van der Waals surface area contributed by atoms with Crippen LogP contribution in [0.4, 0.5) is 18.9 Å². The SMILES string of the molecule is CC(C)(O)CCNc1ccc(C(F)(F)F)cc1Cl. The molecule has 0 aliphatic heterocycles. The highest BCUT2D eigenvalue weighted by Crippen LogP contribution is 2.33. The Morgan fingerprint density at radius 2 is 1.89 bits per heavy atom. The first-order valence-electron chi connectivity index (χ1n) is 5.42. The molecule has 1 aromatic rings. The quantitative estimate of drug-likeness (QED) is 0.876. The molecule has 102 valence electrons. The zero-order valence-electron chi connectivity index (χ0n) is 10.1. The third-order valence-corrected chi connectivity index (χ3v) is 2.66. The number of alkyl halides is 3. The fraction of sp³-hybridized carbons (Fsp3) is 0.500. The number of nitrogens with one attached hydrogen (secondary N) is 1. The third-order valence-electron chi connectivity index (χ3n) is 2.35. The largest absolute Gasteiger partial charge is 0.416 e. The summed E-state index contributed by atoms with van der Waals surface area (Å²) in [4.78, 5) is 0. The van der Waals surface area contributed by atoms with E-state index >= 15 is 0 Å². The highest BCUT2D eigenvalue weighted by Gasteiger charge is 2.30. The fourth-order valence-electron chi connectivity index (χ4n) is 1.34. The number of halogens is 4. The van der Waals surface area contributed by atoms with E-state index in [1.54, 1.807) is 13.8 Å². The predicted molar refractivity (Wildman–Crippen MR) is 65.9 cm³/mol. The predicted octanol–water partition coefficient (Wildman–Crippen LogP) is 3.93. The molecule has 2 N–H and O–H groups in total. The van der Waals surface area contributed by atoms with Gasteiger partial charge in [0.25, 0.3) is 0 Å². The van der Waals surface area contributed by atoms with E-state index in [9.17, 15) is 18.3 Å². The van der Waals surface area contributed by atoms with E-state index in [-0.39, 0.29) is 5.02 Å². The monoisotopic (exact) mass is 281 g/mol. The number of anilines is 1. The minimum atomic E-state index is -4.39. The summed E-state index contributed by atoms with van der Waals surface area (Å²) in [6.07, 6.45) is -3.93. The van der Waals surface area contributed by atoms with E-state index in [4.69, 9.17) is 11.6 Å². The Labute approximate surface area is 109 Å². The molecule has 0 aliphatic rings. The first-order chi connectivity index (χ1) is 8.09. The molecule has 0 heterocycles. The minimum absolute atomic E-state index is 0.0144. The van der Waals surface area contributed by atoms with Gasteiger partial charge in [0.1, 0.15) is 0 Å². The van der Waals surface area contributed by atoms with Gasteiger partial charge in [-0.3, -0.25) is 0 Å². The summed E-state index contributed by atoms with van der Waals surface area (Å²) in [5.41, 5.74) is -1.18. The number of hydrogen-bond acceptors (Lipinski definition) is 2. The number of hydrogen-bond donors (Lipinski definition) is 2. The molecule has 0 aliphatic carbocycles. The van der Waals surface area contributed by atoms with Crippen LogP contribution >= 0.6 is 11.6 Å². The van der Waals surface area contributed by atoms with Crippen molar-refractivity contribution in [3.63, 3.8) is 0 Å². The Bertz CT molecular complexity index is 413. The van der Waals surface area contributed by atoms with Crippen LogP contribution in [0.25, 0.3) is 0 Å². The van der Waals surface area contributed by atoms with Gasteiger partial charge in [-0.15, -0.1) is 0 Å². The van der Waals surface area contributed by atoms with Crippen LogP contribution in [0.1, 0.15) is 25.8 Å². The zero-order valence-corrected chi connectivity index (χ0v) is 10.9. The van der Waals surface area contributed by atoms with Crippen molar-refractivity contribution >= 4 is 17.3 Å². The van der Waals surface area contributed by atoms with Crippen molar-refractivity contribution in [3.8, 4) is 0 Å². The second-order valence-electron chi connectivity index (χ2n) is 4.68. The molecular formula is C12H15ClF3NO. The molecule has 0 saturated carbocycles. The topological polar surface area (TPSA) is 32.3 Å². The summed E-state index contributed by atoms with van der Waals surface area (Å²) >= 11 is 5.76. The molecule has 0 spiro atoms. The Balaban J connectivity index is 2.69. The van der Waals surface area contributed by atoms with Gasteiger partial charge in [0, 0.05) is 6.54 Å². The van der Waals surface area contributed by atoms with Crippen LogP contribution in [-0.4, -0.2) is 17.3 Å². The molecule has 0 saturated heterocycles. The molecule has 18 heavy (non-hydrogen) atoms. The molecule has 0 bridgehead atoms. The minimum Gasteiger partial charge on any atom is -0.390 e. The molecule has 0 fully saturated rings. The molecule has 0 amide bonds. The summed E-state index contributed by atoms with van der Waals surface area (Å²) < 4.78 is 37.2. The summed E-state index contributed by atoms with van der Waals surface area (Å²) in [7, 11) is 0. The number of benzene rings is 1. The van der Waals surface area contributed by atoms with Gasteiger partial charge in [-0.05, 0) is 38.5 Å². The van der Waals surface area contributed by atoms with Crippen LogP contribution in [-0.2, 0) is 6.18 Å². The average Bonchev–Trinajstić information content (AvgIpc) is 2.17. The molecule has 0 unspecified atom stereocenters. The molecule has 0 radical (unpaired) electrons. The Kier molecular flexibility index (Phi) is 4.50. The smallest absolute Gasteiger partial charge is 0.390 e. The molecule has 1 aromatic carbocycles. The molecule has 6 heteroatoms. The average molecular weight is 282 g/mol. The Hall–Kier alpha value is -0.940. The molecule has 0 aromatic heterocycles. The fourth-order valence-corrected chi connectivity index (χ4v) is 1.59. The lowest BCUT2D eigenvalue weighted by Gasteiger charge is -2.18. The van der Waals surface area contributed by atoms with Gasteiger partial charge in [-0.25, -0.2) is 0 Å². The maximum atomic E-state index is 12.4. The van der Waals surface area contributed by atoms with E-state index < -0.39 is 17.3 Å². The number of rotatable bonds is 4. The van der Waals surface area contributed by atoms with Gasteiger partial charge in [0.05, 0.1) is 21.9 Å². The van der Waals surface area contributed by atoms with Crippen LogP contribution in [0.5, 0.6) is 0 Å². The van der Waals surface area contributed by atoms with Gasteiger partial charge in [-0.2, -0.15) is 13.2 Å². The highest BCUT2D eigenvalue weighted by atomic mass is 35.5.